The number of hydrogen-bond acceptors (Lipinski definition) is 5. The first-order chi connectivity index (χ1) is 11.4. The molecule has 1 aromatic heterocycles. The molecule has 1 aliphatic rings. The van der Waals surface area contributed by atoms with Crippen molar-refractivity contribution < 1.29 is 9.72 Å². The number of aromatic amines is 1. The van der Waals surface area contributed by atoms with Crippen molar-refractivity contribution in [2.45, 2.75) is 52.5 Å². The van der Waals surface area contributed by atoms with Crippen molar-refractivity contribution >= 4 is 11.6 Å². The molecule has 2 N–H and O–H groups in total. The maximum absolute atomic E-state index is 12.3. The molecule has 2 heterocycles. The quantitative estimate of drug-likeness (QED) is 0.586. The summed E-state index contributed by atoms with van der Waals surface area (Å²) in [4.78, 5) is 25.4. The number of rotatable bonds is 7. The summed E-state index contributed by atoms with van der Waals surface area (Å²) in [6.45, 7) is 8.76. The first-order valence-corrected chi connectivity index (χ1v) is 8.67. The normalized spacial score (nSPS) is 17.6. The smallest absolute Gasteiger partial charge is 0.322 e. The average Bonchev–Trinajstić information content (AvgIpc) is 2.97. The van der Waals surface area contributed by atoms with Gasteiger partial charge >= 0.3 is 5.69 Å². The molecule has 1 atom stereocenters. The van der Waals surface area contributed by atoms with E-state index in [9.17, 15) is 14.9 Å². The molecule has 1 aromatic rings. The van der Waals surface area contributed by atoms with Gasteiger partial charge in [0.25, 0.3) is 5.91 Å². The zero-order chi connectivity index (χ0) is 17.7. The van der Waals surface area contributed by atoms with Crippen LogP contribution in [0.5, 0.6) is 0 Å². The molecular weight excluding hydrogens is 310 g/mol. The van der Waals surface area contributed by atoms with E-state index in [4.69, 9.17) is 0 Å². The Hall–Kier alpha value is -1.96. The zero-order valence-corrected chi connectivity index (χ0v) is 14.7. The van der Waals surface area contributed by atoms with Crippen molar-refractivity contribution in [3.8, 4) is 0 Å². The van der Waals surface area contributed by atoms with E-state index in [-0.39, 0.29) is 17.4 Å². The summed E-state index contributed by atoms with van der Waals surface area (Å²) in [5.41, 5.74) is 0.0856. The minimum atomic E-state index is -0.529. The molecule has 8 heteroatoms. The number of carbonyl (C=O) groups excluding carboxylic acids is 1. The summed E-state index contributed by atoms with van der Waals surface area (Å²) in [5, 5.41) is 20.5. The van der Waals surface area contributed by atoms with E-state index in [1.165, 1.54) is 12.8 Å². The Morgan fingerprint density at radius 1 is 1.50 bits per heavy atom. The van der Waals surface area contributed by atoms with Crippen LogP contribution >= 0.6 is 0 Å². The highest BCUT2D eigenvalue weighted by atomic mass is 16.6. The molecule has 134 valence electrons. The van der Waals surface area contributed by atoms with Crippen molar-refractivity contribution in [2.75, 3.05) is 19.6 Å². The lowest BCUT2D eigenvalue weighted by Gasteiger charge is -2.34. The van der Waals surface area contributed by atoms with Crippen LogP contribution in [-0.2, 0) is 6.42 Å². The Labute approximate surface area is 142 Å². The third-order valence-corrected chi connectivity index (χ3v) is 4.71. The molecule has 0 aliphatic carbocycles. The summed E-state index contributed by atoms with van der Waals surface area (Å²) in [5.74, 6) is 0.268. The molecule has 2 rings (SSSR count). The third-order valence-electron chi connectivity index (χ3n) is 4.71. The van der Waals surface area contributed by atoms with Crippen molar-refractivity contribution in [1.82, 2.24) is 20.4 Å². The fourth-order valence-electron chi connectivity index (χ4n) is 3.07. The van der Waals surface area contributed by atoms with Crippen molar-refractivity contribution in [1.29, 1.82) is 0 Å². The van der Waals surface area contributed by atoms with Gasteiger partial charge in [-0.1, -0.05) is 20.3 Å². The number of aromatic nitrogens is 2. The Balaban J connectivity index is 1.96. The minimum absolute atomic E-state index is 0.122. The number of piperidine rings is 1. The van der Waals surface area contributed by atoms with E-state index < -0.39 is 10.8 Å². The van der Waals surface area contributed by atoms with Gasteiger partial charge < -0.3 is 5.32 Å². The monoisotopic (exact) mass is 337 g/mol. The number of carbonyl (C=O) groups is 1. The highest BCUT2D eigenvalue weighted by molar-refractivity contribution is 5.96. The van der Waals surface area contributed by atoms with Gasteiger partial charge in [-0.25, -0.2) is 0 Å². The first-order valence-electron chi connectivity index (χ1n) is 8.67. The van der Waals surface area contributed by atoms with Gasteiger partial charge in [-0.15, -0.1) is 0 Å². The molecule has 0 saturated carbocycles. The molecule has 0 radical (unpaired) electrons. The number of nitrogens with one attached hydrogen (secondary N) is 2. The molecule has 1 fully saturated rings. The van der Waals surface area contributed by atoms with E-state index >= 15 is 0 Å². The van der Waals surface area contributed by atoms with E-state index in [1.54, 1.807) is 0 Å². The maximum Gasteiger partial charge on any atom is 0.322 e. The number of hydrogen-bond donors (Lipinski definition) is 2. The van der Waals surface area contributed by atoms with Crippen LogP contribution < -0.4 is 5.32 Å². The van der Waals surface area contributed by atoms with Crippen molar-refractivity contribution in [3.05, 3.63) is 21.5 Å². The van der Waals surface area contributed by atoms with Gasteiger partial charge in [0.15, 0.2) is 0 Å². The second kappa shape index (κ2) is 8.23. The first kappa shape index (κ1) is 18.4. The van der Waals surface area contributed by atoms with E-state index in [1.807, 2.05) is 6.92 Å². The maximum atomic E-state index is 12.3. The molecule has 0 bridgehead atoms. The summed E-state index contributed by atoms with van der Waals surface area (Å²) in [6.07, 6.45) is 3.58. The number of aryl methyl sites for hydroxylation is 1. The van der Waals surface area contributed by atoms with Crippen molar-refractivity contribution in [3.63, 3.8) is 0 Å². The van der Waals surface area contributed by atoms with Gasteiger partial charge in [-0.05, 0) is 45.2 Å². The van der Waals surface area contributed by atoms with Crippen LogP contribution in [0.3, 0.4) is 0 Å². The molecule has 24 heavy (non-hydrogen) atoms. The van der Waals surface area contributed by atoms with Gasteiger partial charge in [0.1, 0.15) is 5.69 Å². The topological polar surface area (TPSA) is 104 Å². The standard InChI is InChI=1S/C16H27N5O3/c1-4-5-13-15(21(23)24)14(19-18-13)16(22)17-10-12(3)20-8-6-11(2)7-9-20/h11-12H,4-10H2,1-3H3,(H,17,22)(H,18,19). The zero-order valence-electron chi connectivity index (χ0n) is 14.7. The van der Waals surface area contributed by atoms with Crippen LogP contribution in [0.2, 0.25) is 0 Å². The number of amides is 1. The number of H-pyrrole nitrogens is 1. The number of nitrogens with zero attached hydrogens (tertiary/aromatic N) is 3. The van der Waals surface area contributed by atoms with E-state index in [0.717, 1.165) is 25.4 Å². The van der Waals surface area contributed by atoms with Gasteiger partial charge in [-0.2, -0.15) is 5.10 Å². The second-order valence-electron chi connectivity index (χ2n) is 6.68. The van der Waals surface area contributed by atoms with Gasteiger partial charge in [0, 0.05) is 12.6 Å². The third kappa shape index (κ3) is 4.31. The van der Waals surface area contributed by atoms with Crippen LogP contribution in [-0.4, -0.2) is 51.6 Å². The Morgan fingerprint density at radius 3 is 2.75 bits per heavy atom. The Bertz CT molecular complexity index is 578. The predicted octanol–water partition coefficient (Wildman–Crippen LogP) is 2.12. The molecule has 0 spiro atoms. The predicted molar refractivity (Wildman–Crippen MR) is 91.0 cm³/mol. The summed E-state index contributed by atoms with van der Waals surface area (Å²) in [6, 6.07) is 0.203. The molecule has 1 amide bonds. The molecule has 8 nitrogen and oxygen atoms in total. The van der Waals surface area contributed by atoms with Crippen LogP contribution in [0.25, 0.3) is 0 Å². The largest absolute Gasteiger partial charge is 0.349 e. The summed E-state index contributed by atoms with van der Waals surface area (Å²) in [7, 11) is 0. The SMILES string of the molecule is CCCc1[nH]nc(C(=O)NCC(C)N2CCC(C)CC2)c1[N+](=O)[O-]. The molecule has 1 unspecified atom stereocenters. The van der Waals surface area contributed by atoms with Gasteiger partial charge in [0.05, 0.1) is 4.92 Å². The fourth-order valence-corrected chi connectivity index (χ4v) is 3.07. The summed E-state index contributed by atoms with van der Waals surface area (Å²) < 4.78 is 0. The van der Waals surface area contributed by atoms with Crippen LogP contribution in [0.1, 0.15) is 56.2 Å². The Kier molecular flexibility index (Phi) is 6.30. The fraction of sp³-hybridized carbons (Fsp3) is 0.750. The number of likely N-dealkylation sites (tertiary alicyclic amines) is 1. The average molecular weight is 337 g/mol. The highest BCUT2D eigenvalue weighted by Crippen LogP contribution is 2.22. The van der Waals surface area contributed by atoms with Crippen LogP contribution in [0.4, 0.5) is 5.69 Å². The van der Waals surface area contributed by atoms with Crippen LogP contribution in [0.15, 0.2) is 0 Å². The lowest BCUT2D eigenvalue weighted by Crippen LogP contribution is -2.45. The second-order valence-corrected chi connectivity index (χ2v) is 6.68. The van der Waals surface area contributed by atoms with Crippen LogP contribution in [0, 0.1) is 16.0 Å². The Morgan fingerprint density at radius 2 is 2.17 bits per heavy atom. The van der Waals surface area contributed by atoms with E-state index in [0.29, 0.717) is 18.7 Å². The molecule has 1 saturated heterocycles. The molecule has 1 aliphatic heterocycles. The number of nitro groups is 1. The lowest BCUT2D eigenvalue weighted by atomic mass is 9.98. The van der Waals surface area contributed by atoms with Crippen molar-refractivity contribution in [2.24, 2.45) is 5.92 Å². The minimum Gasteiger partial charge on any atom is -0.349 e. The van der Waals surface area contributed by atoms with E-state index in [2.05, 4.69) is 34.3 Å². The molecule has 0 aromatic carbocycles. The lowest BCUT2D eigenvalue weighted by molar-refractivity contribution is -0.385. The van der Waals surface area contributed by atoms with Gasteiger partial charge in [-0.3, -0.25) is 24.9 Å². The summed E-state index contributed by atoms with van der Waals surface area (Å²) >= 11 is 0. The van der Waals surface area contributed by atoms with Gasteiger partial charge in [0.2, 0.25) is 5.69 Å². The molecular formula is C16H27N5O3. The highest BCUT2D eigenvalue weighted by Gasteiger charge is 2.29.